The summed E-state index contributed by atoms with van der Waals surface area (Å²) in [4.78, 5) is 24.8. The number of aromatic nitrogens is 4. The van der Waals surface area contributed by atoms with E-state index in [1.807, 2.05) is 73.0 Å². The summed E-state index contributed by atoms with van der Waals surface area (Å²) in [5, 5.41) is 4.65. The second-order valence-electron chi connectivity index (χ2n) is 7.84. The van der Waals surface area contributed by atoms with Crippen molar-refractivity contribution < 1.29 is 0 Å². The van der Waals surface area contributed by atoms with Crippen LogP contribution < -0.4 is 10.5 Å². The van der Waals surface area contributed by atoms with Gasteiger partial charge in [0.1, 0.15) is 0 Å². The van der Waals surface area contributed by atoms with Crippen molar-refractivity contribution in [1.29, 1.82) is 0 Å². The first-order chi connectivity index (χ1) is 16.0. The Labute approximate surface area is 204 Å². The van der Waals surface area contributed by atoms with Crippen LogP contribution in [0, 0.1) is 0 Å². The summed E-state index contributed by atoms with van der Waals surface area (Å²) in [7, 11) is 3.98. The minimum atomic E-state index is -0.162. The molecule has 5 aromatic rings. The van der Waals surface area contributed by atoms with Crippen LogP contribution in [0.2, 0.25) is 5.02 Å². The summed E-state index contributed by atoms with van der Waals surface area (Å²) in [6, 6.07) is 13.9. The number of thioether (sulfide) groups is 1. The third kappa shape index (κ3) is 4.03. The van der Waals surface area contributed by atoms with Crippen molar-refractivity contribution in [2.45, 2.75) is 24.4 Å². The zero-order valence-electron chi connectivity index (χ0n) is 18.4. The fourth-order valence-electron chi connectivity index (χ4n) is 3.74. The first-order valence-electron chi connectivity index (χ1n) is 10.5. The van der Waals surface area contributed by atoms with Crippen molar-refractivity contribution in [2.75, 3.05) is 19.0 Å². The minimum absolute atomic E-state index is 0.162. The van der Waals surface area contributed by atoms with Gasteiger partial charge < -0.3 is 9.47 Å². The van der Waals surface area contributed by atoms with Crippen LogP contribution >= 0.6 is 34.7 Å². The smallest absolute Gasteiger partial charge is 0.286 e. The Bertz CT molecular complexity index is 1520. The molecule has 0 N–H and O–H groups in total. The quantitative estimate of drug-likeness (QED) is 0.219. The Balaban J connectivity index is 1.61. The van der Waals surface area contributed by atoms with Crippen molar-refractivity contribution in [2.24, 2.45) is 0 Å². The van der Waals surface area contributed by atoms with Crippen LogP contribution in [0.4, 0.5) is 5.69 Å². The van der Waals surface area contributed by atoms with E-state index in [-0.39, 0.29) is 5.56 Å². The molecular formula is C24H22ClN5OS2. The van der Waals surface area contributed by atoms with Gasteiger partial charge >= 0.3 is 0 Å². The van der Waals surface area contributed by atoms with Crippen molar-refractivity contribution in [1.82, 2.24) is 19.1 Å². The van der Waals surface area contributed by atoms with Crippen LogP contribution in [0.1, 0.15) is 12.5 Å². The Morgan fingerprint density at radius 2 is 1.94 bits per heavy atom. The van der Waals surface area contributed by atoms with Gasteiger partial charge in [-0.15, -0.1) is 11.3 Å². The topological polar surface area (TPSA) is 56.0 Å². The number of hydrogen-bond acceptors (Lipinski definition) is 6. The van der Waals surface area contributed by atoms with E-state index in [2.05, 4.69) is 10.4 Å². The van der Waals surface area contributed by atoms with Gasteiger partial charge in [0.2, 0.25) is 0 Å². The molecule has 9 heteroatoms. The molecule has 33 heavy (non-hydrogen) atoms. The minimum Gasteiger partial charge on any atom is -0.378 e. The van der Waals surface area contributed by atoms with E-state index >= 15 is 0 Å². The molecule has 0 amide bonds. The lowest BCUT2D eigenvalue weighted by atomic mass is 10.2. The van der Waals surface area contributed by atoms with Crippen LogP contribution in [0.15, 0.2) is 64.1 Å². The Kier molecular flexibility index (Phi) is 5.90. The molecule has 3 aromatic heterocycles. The zero-order valence-corrected chi connectivity index (χ0v) is 20.8. The number of benzene rings is 2. The zero-order chi connectivity index (χ0) is 23.1. The van der Waals surface area contributed by atoms with Crippen LogP contribution in [0.5, 0.6) is 0 Å². The molecule has 2 aromatic carbocycles. The highest BCUT2D eigenvalue weighted by atomic mass is 35.5. The number of imidazole rings is 1. The number of anilines is 1. The monoisotopic (exact) mass is 495 g/mol. The second-order valence-corrected chi connectivity index (χ2v) is 10.1. The summed E-state index contributed by atoms with van der Waals surface area (Å²) in [5.74, 6) is 0.675. The van der Waals surface area contributed by atoms with Crippen LogP contribution in [0.3, 0.4) is 0 Å². The lowest BCUT2D eigenvalue weighted by molar-refractivity contribution is 0.754. The summed E-state index contributed by atoms with van der Waals surface area (Å²) >= 11 is 9.48. The van der Waals surface area contributed by atoms with Crippen molar-refractivity contribution >= 4 is 61.6 Å². The highest BCUT2D eigenvalue weighted by Crippen LogP contribution is 2.33. The van der Waals surface area contributed by atoms with Gasteiger partial charge in [0.25, 0.3) is 5.56 Å². The van der Waals surface area contributed by atoms with E-state index in [0.29, 0.717) is 28.6 Å². The van der Waals surface area contributed by atoms with Crippen LogP contribution in [0.25, 0.3) is 26.9 Å². The number of hydrogen-bond donors (Lipinski definition) is 0. The molecule has 0 bridgehead atoms. The van der Waals surface area contributed by atoms with Gasteiger partial charge in [0.15, 0.2) is 16.3 Å². The molecule has 0 fully saturated rings. The van der Waals surface area contributed by atoms with Crippen molar-refractivity contribution in [3.63, 3.8) is 0 Å². The fraction of sp³-hybridized carbons (Fsp3) is 0.208. The molecule has 0 aliphatic heterocycles. The molecule has 0 saturated heterocycles. The molecule has 6 nitrogen and oxygen atoms in total. The standard InChI is InChI=1S/C24H22ClN5OS2/c1-4-29-14-26-21-22(29)27-24(30(23(21)31)18-8-6-17(7-9-18)28(2)3)33-13-15-12-32-20-10-5-16(25)11-19(15)20/h5-12,14H,4,13H2,1-3H3. The Morgan fingerprint density at radius 1 is 1.15 bits per heavy atom. The Hall–Kier alpha value is -2.81. The first kappa shape index (κ1) is 22.0. The highest BCUT2D eigenvalue weighted by Gasteiger charge is 2.18. The van der Waals surface area contributed by atoms with E-state index in [0.717, 1.165) is 21.8 Å². The normalized spacial score (nSPS) is 11.5. The maximum atomic E-state index is 13.5. The summed E-state index contributed by atoms with van der Waals surface area (Å²) in [6.45, 7) is 2.71. The molecule has 0 saturated carbocycles. The maximum Gasteiger partial charge on any atom is 0.286 e. The molecular weight excluding hydrogens is 474 g/mol. The van der Waals surface area contributed by atoms with Crippen LogP contribution in [-0.2, 0) is 12.3 Å². The SMILES string of the molecule is CCn1cnc2c(=O)n(-c3ccc(N(C)C)cc3)c(SCc3csc4ccc(Cl)cc34)nc21. The van der Waals surface area contributed by atoms with Gasteiger partial charge in [-0.1, -0.05) is 23.4 Å². The van der Waals surface area contributed by atoms with Gasteiger partial charge in [-0.05, 0) is 65.7 Å². The number of rotatable bonds is 6. The van der Waals surface area contributed by atoms with Crippen LogP contribution in [-0.4, -0.2) is 33.2 Å². The predicted octanol–water partition coefficient (Wildman–Crippen LogP) is 5.83. The van der Waals surface area contributed by atoms with Gasteiger partial charge in [0.05, 0.1) is 12.0 Å². The van der Waals surface area contributed by atoms with Crippen molar-refractivity contribution in [3.05, 3.63) is 75.1 Å². The molecule has 3 heterocycles. The number of fused-ring (bicyclic) bond motifs is 2. The number of nitrogens with zero attached hydrogens (tertiary/aromatic N) is 5. The lowest BCUT2D eigenvalue weighted by Crippen LogP contribution is -2.22. The van der Waals surface area contributed by atoms with Gasteiger partial charge in [-0.2, -0.15) is 0 Å². The third-order valence-electron chi connectivity index (χ3n) is 5.55. The number of thiophene rings is 1. The molecule has 0 atom stereocenters. The maximum absolute atomic E-state index is 13.5. The fourth-order valence-corrected chi connectivity index (χ4v) is 5.95. The van der Waals surface area contributed by atoms with E-state index in [9.17, 15) is 4.79 Å². The summed E-state index contributed by atoms with van der Waals surface area (Å²) in [5.41, 5.74) is 3.84. The average molecular weight is 496 g/mol. The lowest BCUT2D eigenvalue weighted by Gasteiger charge is -2.15. The second kappa shape index (κ2) is 8.85. The van der Waals surface area contributed by atoms with E-state index in [1.165, 1.54) is 10.3 Å². The largest absolute Gasteiger partial charge is 0.378 e. The highest BCUT2D eigenvalue weighted by molar-refractivity contribution is 7.98. The Morgan fingerprint density at radius 3 is 2.67 bits per heavy atom. The van der Waals surface area contributed by atoms with Gasteiger partial charge in [-0.25, -0.2) is 9.97 Å². The molecule has 5 rings (SSSR count). The van der Waals surface area contributed by atoms with E-state index < -0.39 is 0 Å². The molecule has 0 spiro atoms. The van der Waals surface area contributed by atoms with E-state index in [1.54, 1.807) is 34.0 Å². The first-order valence-corrected chi connectivity index (χ1v) is 12.7. The predicted molar refractivity (Wildman–Crippen MR) is 140 cm³/mol. The number of aryl methyl sites for hydroxylation is 1. The summed E-state index contributed by atoms with van der Waals surface area (Å²) in [6.07, 6.45) is 1.68. The number of halogens is 1. The van der Waals surface area contributed by atoms with Crippen molar-refractivity contribution in [3.8, 4) is 5.69 Å². The molecule has 0 aliphatic rings. The molecule has 168 valence electrons. The third-order valence-corrected chi connectivity index (χ3v) is 7.78. The van der Waals surface area contributed by atoms with Gasteiger partial charge in [0, 0.05) is 41.8 Å². The molecule has 0 aliphatic carbocycles. The molecule has 0 radical (unpaired) electrons. The summed E-state index contributed by atoms with van der Waals surface area (Å²) < 4.78 is 4.76. The average Bonchev–Trinajstić information content (AvgIpc) is 3.41. The van der Waals surface area contributed by atoms with Gasteiger partial charge in [-0.3, -0.25) is 9.36 Å². The molecule has 0 unspecified atom stereocenters. The van der Waals surface area contributed by atoms with E-state index in [4.69, 9.17) is 16.6 Å².